The molecule has 35 heavy (non-hydrogen) atoms. The van der Waals surface area contributed by atoms with Gasteiger partial charge in [-0.05, 0) is 0 Å². The maximum Gasteiger partial charge on any atom is 0.466 e. The summed E-state index contributed by atoms with van der Waals surface area (Å²) in [7, 11) is -4.64. The average Bonchev–Trinajstić information content (AvgIpc) is 2.61. The van der Waals surface area contributed by atoms with E-state index in [4.69, 9.17) is 134 Å². The average molecular weight is 539 g/mol. The fourth-order valence-electron chi connectivity index (χ4n) is 0. The van der Waals surface area contributed by atoms with Crippen LogP contribution in [0, 0.1) is 0 Å². The van der Waals surface area contributed by atoms with Gasteiger partial charge in [-0.15, -0.1) is 0 Å². The van der Waals surface area contributed by atoms with Crippen molar-refractivity contribution in [2.75, 3.05) is 0 Å². The molecule has 0 spiro atoms. The number of nitrogens with two attached hydrogens (primary N) is 20. The number of rotatable bonds is 0. The number of hydrogen-bond donors (Lipinski definition) is 23. The number of hydrogen-bond acceptors (Lipinski definition) is 21. The highest BCUT2D eigenvalue weighted by atomic mass is 31.2. The second-order valence-corrected chi connectivity index (χ2v) is 6.09. The summed E-state index contributed by atoms with van der Waals surface area (Å²) in [5, 5.41) is 0. The predicted molar refractivity (Wildman–Crippen MR) is 133 cm³/mol. The van der Waals surface area contributed by atoms with Gasteiger partial charge in [0.05, 0.1) is 0 Å². The lowest BCUT2D eigenvalue weighted by Gasteiger charge is -1.89. The van der Waals surface area contributed by atoms with Crippen LogP contribution < -0.4 is 115 Å². The van der Waals surface area contributed by atoms with Crippen molar-refractivity contribution in [2.45, 2.75) is 0 Å². The van der Waals surface area contributed by atoms with E-state index in [0.717, 1.165) is 0 Å². The summed E-state index contributed by atoms with van der Waals surface area (Å²) in [5.41, 5.74) is 96.9. The summed E-state index contributed by atoms with van der Waals surface area (Å²) in [6.45, 7) is 0. The maximum atomic E-state index is 8.88. The van der Waals surface area contributed by atoms with Crippen molar-refractivity contribution in [3.05, 3.63) is 58.2 Å². The lowest BCUT2D eigenvalue weighted by atomic mass is 10.7. The van der Waals surface area contributed by atoms with Gasteiger partial charge in [-0.3, -0.25) is 0 Å². The van der Waals surface area contributed by atoms with E-state index < -0.39 is 7.82 Å². The molecule has 0 rings (SSSR count). The minimum atomic E-state index is -4.64. The minimum absolute atomic E-state index is 0.0185. The summed E-state index contributed by atoms with van der Waals surface area (Å²) in [6.07, 6.45) is 0. The summed E-state index contributed by atoms with van der Waals surface area (Å²) >= 11 is 0. The van der Waals surface area contributed by atoms with Gasteiger partial charge in [0.1, 0.15) is 58.2 Å². The second-order valence-electron chi connectivity index (χ2n) is 5.07. The minimum Gasteiger partial charge on any atom is -0.383 e. The van der Waals surface area contributed by atoms with Gasteiger partial charge in [0.25, 0.3) is 0 Å². The summed E-state index contributed by atoms with van der Waals surface area (Å²) in [6, 6.07) is 0. The highest BCUT2D eigenvalue weighted by Gasteiger charge is 2.00. The Morgan fingerprint density at radius 3 is 0.314 bits per heavy atom. The third-order valence-electron chi connectivity index (χ3n) is 1.67. The van der Waals surface area contributed by atoms with Crippen LogP contribution in [0.3, 0.4) is 0 Å². The maximum absolute atomic E-state index is 8.88. The lowest BCUT2D eigenvalue weighted by molar-refractivity contribution is 0.275. The van der Waals surface area contributed by atoms with Crippen molar-refractivity contribution in [1.29, 1.82) is 0 Å². The quantitative estimate of drug-likeness (QED) is 0.127. The normalized spacial score (nSPS) is 7.97. The standard InChI is InChI=1S/5C2H8N4.H3O4P/c5*3-1(4)2(5)6;1-5(2,3)4/h5*3-6H2;(H3,1,2,3,4). The molecule has 0 heterocycles. The van der Waals surface area contributed by atoms with Crippen LogP contribution >= 0.6 is 7.82 Å². The molecule has 0 bridgehead atoms. The number of phosphoric acid groups is 1. The molecule has 0 saturated heterocycles. The van der Waals surface area contributed by atoms with Crippen LogP contribution in [-0.2, 0) is 4.57 Å². The van der Waals surface area contributed by atoms with E-state index in [1.807, 2.05) is 0 Å². The van der Waals surface area contributed by atoms with E-state index in [2.05, 4.69) is 0 Å². The zero-order valence-electron chi connectivity index (χ0n) is 18.7. The van der Waals surface area contributed by atoms with Crippen LogP contribution in [0.5, 0.6) is 0 Å². The van der Waals surface area contributed by atoms with Gasteiger partial charge in [0.2, 0.25) is 0 Å². The van der Waals surface area contributed by atoms with E-state index in [0.29, 0.717) is 0 Å². The molecule has 0 aromatic carbocycles. The van der Waals surface area contributed by atoms with E-state index in [-0.39, 0.29) is 58.2 Å². The molecule has 0 aromatic heterocycles. The molecule has 25 heteroatoms. The van der Waals surface area contributed by atoms with E-state index >= 15 is 0 Å². The van der Waals surface area contributed by atoms with Gasteiger partial charge in [-0.1, -0.05) is 0 Å². The van der Waals surface area contributed by atoms with Crippen molar-refractivity contribution in [3.8, 4) is 0 Å². The molecule has 0 atom stereocenters. The second kappa shape index (κ2) is 23.5. The van der Waals surface area contributed by atoms with Gasteiger partial charge >= 0.3 is 7.82 Å². The molecule has 212 valence electrons. The molecule has 0 aliphatic heterocycles. The molecule has 0 aromatic rings. The Morgan fingerprint density at radius 1 is 0.286 bits per heavy atom. The molecule has 0 amide bonds. The molecule has 0 radical (unpaired) electrons. The van der Waals surface area contributed by atoms with E-state index in [1.54, 1.807) is 0 Å². The molecular formula is C10H43N20O4P. The smallest absolute Gasteiger partial charge is 0.383 e. The van der Waals surface area contributed by atoms with Gasteiger partial charge in [0, 0.05) is 0 Å². The summed E-state index contributed by atoms with van der Waals surface area (Å²) in [5.74, 6) is -0.185. The Balaban J connectivity index is -0.0000000722. The zero-order valence-corrected chi connectivity index (χ0v) is 19.6. The first kappa shape index (κ1) is 43.6. The molecule has 0 fully saturated rings. The van der Waals surface area contributed by atoms with Crippen LogP contribution in [0.1, 0.15) is 0 Å². The molecule has 0 aliphatic rings. The van der Waals surface area contributed by atoms with Gasteiger partial charge in [-0.2, -0.15) is 0 Å². The molecule has 24 nitrogen and oxygen atoms in total. The van der Waals surface area contributed by atoms with E-state index in [9.17, 15) is 0 Å². The zero-order chi connectivity index (χ0) is 30.3. The highest BCUT2D eigenvalue weighted by Crippen LogP contribution is 2.25. The third kappa shape index (κ3) is 94.4. The Morgan fingerprint density at radius 2 is 0.314 bits per heavy atom. The van der Waals surface area contributed by atoms with Crippen molar-refractivity contribution in [1.82, 2.24) is 0 Å². The first-order valence-electron chi connectivity index (χ1n) is 7.81. The van der Waals surface area contributed by atoms with Crippen LogP contribution in [0.15, 0.2) is 58.2 Å². The van der Waals surface area contributed by atoms with Crippen LogP contribution in [0.2, 0.25) is 0 Å². The molecule has 0 saturated carbocycles. The van der Waals surface area contributed by atoms with Crippen molar-refractivity contribution >= 4 is 7.82 Å². The van der Waals surface area contributed by atoms with Crippen molar-refractivity contribution in [2.24, 2.45) is 115 Å². The SMILES string of the molecule is NC(N)=C(N)N.NC(N)=C(N)N.NC(N)=C(N)N.NC(N)=C(N)N.NC(N)=C(N)N.O=P(O)(O)O. The topological polar surface area (TPSA) is 598 Å². The van der Waals surface area contributed by atoms with Crippen LogP contribution in [0.4, 0.5) is 0 Å². The first-order valence-corrected chi connectivity index (χ1v) is 9.37. The van der Waals surface area contributed by atoms with Crippen molar-refractivity contribution in [3.63, 3.8) is 0 Å². The van der Waals surface area contributed by atoms with Crippen molar-refractivity contribution < 1.29 is 19.2 Å². The Hall–Kier alpha value is -5.19. The first-order chi connectivity index (χ1) is 15.2. The Kier molecular flexibility index (Phi) is 29.3. The lowest BCUT2D eigenvalue weighted by Crippen LogP contribution is -2.22. The molecular weight excluding hydrogens is 495 g/mol. The van der Waals surface area contributed by atoms with Gasteiger partial charge in [-0.25, -0.2) is 4.57 Å². The predicted octanol–water partition coefficient (Wildman–Crippen LogP) is -11.2. The molecule has 0 unspecified atom stereocenters. The van der Waals surface area contributed by atoms with E-state index in [1.165, 1.54) is 0 Å². The highest BCUT2D eigenvalue weighted by molar-refractivity contribution is 7.45. The monoisotopic (exact) mass is 538 g/mol. The third-order valence-corrected chi connectivity index (χ3v) is 1.67. The molecule has 0 aliphatic carbocycles. The Labute approximate surface area is 200 Å². The summed E-state index contributed by atoms with van der Waals surface area (Å²) in [4.78, 5) is 21.6. The van der Waals surface area contributed by atoms with Crippen LogP contribution in [-0.4, -0.2) is 14.7 Å². The van der Waals surface area contributed by atoms with Crippen LogP contribution in [0.25, 0.3) is 0 Å². The molecule has 43 N–H and O–H groups in total. The largest absolute Gasteiger partial charge is 0.466 e. The van der Waals surface area contributed by atoms with Gasteiger partial charge < -0.3 is 129 Å². The fraction of sp³-hybridized carbons (Fsp3) is 0. The Bertz CT molecular complexity index is 557. The van der Waals surface area contributed by atoms with Gasteiger partial charge in [0.15, 0.2) is 0 Å². The fourth-order valence-corrected chi connectivity index (χ4v) is 0. The summed E-state index contributed by atoms with van der Waals surface area (Å²) < 4.78 is 8.88.